The van der Waals surface area contributed by atoms with Gasteiger partial charge in [-0.25, -0.2) is 0 Å². The van der Waals surface area contributed by atoms with Crippen molar-refractivity contribution in [3.8, 4) is 0 Å². The molecule has 7 atom stereocenters. The van der Waals surface area contributed by atoms with Crippen LogP contribution in [0.25, 0.3) is 0 Å². The standard InChI is InChI=1S/C38H69N7O9S2/c1-21(2)11-25-13-34(49)44-30(9-10-46)38(54)45-31(24(7)8)18-36(51)43-28(15-33(48)41-26(12-22(3)4)16-37(52)53)20-56-55-19-27(14-32(47)40-25)42-35(50)17-29(39)23(5)6/h21-31,46H,9-20,39H2,1-8H3,(H,40,47)(H,41,48)(H,42,50)(H,43,51)(H,44,49)(H,45,54)(H,52,53)/t25-,26-,27+,28?,29+,30-,31+/m0/s1. The Morgan fingerprint density at radius 2 is 1.39 bits per heavy atom. The number of aliphatic carboxylic acids is 1. The van der Waals surface area contributed by atoms with Gasteiger partial charge in [-0.05, 0) is 42.9 Å². The second kappa shape index (κ2) is 26.8. The molecule has 0 aromatic heterocycles. The highest BCUT2D eigenvalue weighted by Crippen LogP contribution is 2.25. The average molecular weight is 832 g/mol. The van der Waals surface area contributed by atoms with Gasteiger partial charge < -0.3 is 47.8 Å². The summed E-state index contributed by atoms with van der Waals surface area (Å²) in [5.41, 5.74) is 6.15. The molecule has 0 aliphatic carbocycles. The van der Waals surface area contributed by atoms with Gasteiger partial charge in [-0.2, -0.15) is 0 Å². The first-order chi connectivity index (χ1) is 26.2. The highest BCUT2D eigenvalue weighted by molar-refractivity contribution is 8.76. The second-order valence-electron chi connectivity index (χ2n) is 16.4. The Morgan fingerprint density at radius 1 is 0.786 bits per heavy atom. The van der Waals surface area contributed by atoms with Crippen molar-refractivity contribution in [2.75, 3.05) is 18.1 Å². The van der Waals surface area contributed by atoms with E-state index in [2.05, 4.69) is 31.9 Å². The highest BCUT2D eigenvalue weighted by Gasteiger charge is 2.30. The molecule has 56 heavy (non-hydrogen) atoms. The minimum Gasteiger partial charge on any atom is -0.481 e. The van der Waals surface area contributed by atoms with Crippen molar-refractivity contribution >= 4 is 63.0 Å². The van der Waals surface area contributed by atoms with Crippen molar-refractivity contribution in [1.82, 2.24) is 31.9 Å². The second-order valence-corrected chi connectivity index (χ2v) is 19.0. The lowest BCUT2D eigenvalue weighted by Crippen LogP contribution is -2.53. The van der Waals surface area contributed by atoms with Gasteiger partial charge in [-0.1, -0.05) is 77.0 Å². The first-order valence-electron chi connectivity index (χ1n) is 19.8. The van der Waals surface area contributed by atoms with E-state index in [4.69, 9.17) is 5.73 Å². The van der Waals surface area contributed by atoms with E-state index in [-0.39, 0.29) is 92.2 Å². The molecule has 16 nitrogen and oxygen atoms in total. The predicted octanol–water partition coefficient (Wildman–Crippen LogP) is 1.83. The van der Waals surface area contributed by atoms with Crippen molar-refractivity contribution < 1.29 is 43.8 Å². The third-order valence-electron chi connectivity index (χ3n) is 9.20. The lowest BCUT2D eigenvalue weighted by molar-refractivity contribution is -0.138. The minimum atomic E-state index is -1.11. The van der Waals surface area contributed by atoms with Crippen molar-refractivity contribution in [3.63, 3.8) is 0 Å². The van der Waals surface area contributed by atoms with E-state index in [0.29, 0.717) is 18.6 Å². The first kappa shape index (κ1) is 50.9. The molecule has 1 fully saturated rings. The van der Waals surface area contributed by atoms with Gasteiger partial charge in [0.2, 0.25) is 35.4 Å². The average Bonchev–Trinajstić information content (AvgIpc) is 3.04. The van der Waals surface area contributed by atoms with Gasteiger partial charge in [0.05, 0.1) is 6.42 Å². The fraction of sp³-hybridized carbons (Fsp3) is 0.816. The van der Waals surface area contributed by atoms with E-state index in [1.54, 1.807) is 0 Å². The lowest BCUT2D eigenvalue weighted by atomic mass is 9.98. The molecule has 0 spiro atoms. The largest absolute Gasteiger partial charge is 0.481 e. The fourth-order valence-electron chi connectivity index (χ4n) is 6.15. The molecule has 0 saturated carbocycles. The molecular formula is C38H69N7O9S2. The zero-order valence-electron chi connectivity index (χ0n) is 34.5. The summed E-state index contributed by atoms with van der Waals surface area (Å²) < 4.78 is 0. The van der Waals surface area contributed by atoms with Crippen LogP contribution in [0.15, 0.2) is 0 Å². The van der Waals surface area contributed by atoms with E-state index in [1.165, 1.54) is 21.6 Å². The zero-order chi connectivity index (χ0) is 42.5. The smallest absolute Gasteiger partial charge is 0.305 e. The maximum absolute atomic E-state index is 13.5. The van der Waals surface area contributed by atoms with Crippen molar-refractivity contribution in [2.24, 2.45) is 29.4 Å². The summed E-state index contributed by atoms with van der Waals surface area (Å²) in [6, 6.07) is -4.64. The number of aliphatic hydroxyl groups is 1. The topological polar surface area (TPSA) is 258 Å². The number of carbonyl (C=O) groups is 7. The quantitative estimate of drug-likeness (QED) is 0.101. The predicted molar refractivity (Wildman–Crippen MR) is 220 cm³/mol. The number of amides is 6. The Bertz CT molecular complexity index is 1290. The summed E-state index contributed by atoms with van der Waals surface area (Å²) in [5, 5.41) is 36.3. The Hall–Kier alpha value is -3.09. The number of hydrogen-bond donors (Lipinski definition) is 9. The molecule has 1 aliphatic rings. The van der Waals surface area contributed by atoms with Gasteiger partial charge >= 0.3 is 5.97 Å². The Balaban J connectivity index is 3.47. The van der Waals surface area contributed by atoms with E-state index in [1.807, 2.05) is 55.4 Å². The molecule has 0 bridgehead atoms. The van der Waals surface area contributed by atoms with E-state index < -0.39 is 72.5 Å². The first-order valence-corrected chi connectivity index (χ1v) is 22.3. The monoisotopic (exact) mass is 831 g/mol. The molecule has 0 aromatic carbocycles. The minimum absolute atomic E-state index is 0.0590. The number of nitrogens with one attached hydrogen (secondary N) is 6. The van der Waals surface area contributed by atoms with Crippen LogP contribution >= 0.6 is 21.6 Å². The highest BCUT2D eigenvalue weighted by atomic mass is 33.1. The van der Waals surface area contributed by atoms with Crippen LogP contribution in [0.1, 0.15) is 113 Å². The number of carboxylic acids is 1. The van der Waals surface area contributed by atoms with E-state index in [9.17, 15) is 43.8 Å². The van der Waals surface area contributed by atoms with Crippen LogP contribution in [-0.2, 0) is 33.6 Å². The van der Waals surface area contributed by atoms with Gasteiger partial charge in [0.1, 0.15) is 6.04 Å². The summed E-state index contributed by atoms with van der Waals surface area (Å²) >= 11 is 0. The molecule has 10 N–H and O–H groups in total. The molecule has 1 heterocycles. The number of hydrogen-bond acceptors (Lipinski definition) is 11. The third kappa shape index (κ3) is 22.6. The van der Waals surface area contributed by atoms with E-state index >= 15 is 0 Å². The van der Waals surface area contributed by atoms with Gasteiger partial charge in [0.25, 0.3) is 0 Å². The maximum atomic E-state index is 13.5. The molecule has 1 unspecified atom stereocenters. The number of carbonyl (C=O) groups excluding carboxylic acids is 6. The molecule has 322 valence electrons. The van der Waals surface area contributed by atoms with Crippen LogP contribution in [0, 0.1) is 23.7 Å². The van der Waals surface area contributed by atoms with Crippen LogP contribution in [-0.4, -0.2) is 112 Å². The fourth-order valence-corrected chi connectivity index (χ4v) is 8.64. The molecule has 18 heteroatoms. The Kier molecular flexibility index (Phi) is 24.3. The van der Waals surface area contributed by atoms with Crippen molar-refractivity contribution in [2.45, 2.75) is 155 Å². The van der Waals surface area contributed by atoms with Gasteiger partial charge in [0, 0.05) is 86.5 Å². The van der Waals surface area contributed by atoms with Crippen LogP contribution < -0.4 is 37.6 Å². The van der Waals surface area contributed by atoms with Crippen molar-refractivity contribution in [1.29, 1.82) is 0 Å². The van der Waals surface area contributed by atoms with Gasteiger partial charge in [0.15, 0.2) is 0 Å². The number of nitrogens with two attached hydrogens (primary N) is 1. The Morgan fingerprint density at radius 3 is 1.96 bits per heavy atom. The summed E-state index contributed by atoms with van der Waals surface area (Å²) in [7, 11) is 2.70. The molecule has 1 saturated heterocycles. The van der Waals surface area contributed by atoms with Crippen LogP contribution in [0.2, 0.25) is 0 Å². The normalized spacial score (nSPS) is 23.8. The van der Waals surface area contributed by atoms with Crippen LogP contribution in [0.4, 0.5) is 0 Å². The summed E-state index contributed by atoms with van der Waals surface area (Å²) in [6.45, 7) is 14.9. The lowest BCUT2D eigenvalue weighted by Gasteiger charge is -2.28. The van der Waals surface area contributed by atoms with E-state index in [0.717, 1.165) is 0 Å². The number of carboxylic acid groups (broad SMARTS) is 1. The SMILES string of the molecule is CC(C)C[C@@H](CC(=O)O)NC(=O)CC1CSSC[C@H](NC(=O)C[C@@H](N)C(C)C)CC(=O)N[C@@H](CC(C)C)CC(=O)N[C@@H](CCO)C(=O)N[C@@H](C(C)C)CC(=O)N1. The number of rotatable bonds is 16. The number of aliphatic hydroxyl groups excluding tert-OH is 1. The molecular weight excluding hydrogens is 763 g/mol. The van der Waals surface area contributed by atoms with Gasteiger partial charge in [-0.15, -0.1) is 0 Å². The summed E-state index contributed by atoms with van der Waals surface area (Å²) in [4.78, 5) is 91.5. The Labute approximate surface area is 340 Å². The van der Waals surface area contributed by atoms with Crippen LogP contribution in [0.5, 0.6) is 0 Å². The maximum Gasteiger partial charge on any atom is 0.305 e. The summed E-state index contributed by atoms with van der Waals surface area (Å²) in [5.74, 6) is -3.05. The molecule has 6 amide bonds. The zero-order valence-corrected chi connectivity index (χ0v) is 36.1. The third-order valence-corrected chi connectivity index (χ3v) is 11.8. The van der Waals surface area contributed by atoms with Crippen LogP contribution in [0.3, 0.4) is 0 Å². The molecule has 1 rings (SSSR count). The summed E-state index contributed by atoms with van der Waals surface area (Å²) in [6.07, 6.45) is 0.150. The molecule has 0 radical (unpaired) electrons. The molecule has 0 aromatic rings. The van der Waals surface area contributed by atoms with Crippen molar-refractivity contribution in [3.05, 3.63) is 0 Å². The molecule has 1 aliphatic heterocycles. The van der Waals surface area contributed by atoms with Gasteiger partial charge in [-0.3, -0.25) is 33.6 Å².